The lowest BCUT2D eigenvalue weighted by molar-refractivity contribution is -0.385. The van der Waals surface area contributed by atoms with Crippen molar-refractivity contribution in [2.45, 2.75) is 24.3 Å². The second kappa shape index (κ2) is 7.47. The van der Waals surface area contributed by atoms with Gasteiger partial charge in [-0.05, 0) is 26.0 Å². The Morgan fingerprint density at radius 1 is 1.24 bits per heavy atom. The van der Waals surface area contributed by atoms with Crippen LogP contribution in [0, 0.1) is 17.0 Å². The fourth-order valence-corrected chi connectivity index (χ4v) is 3.61. The SMILES string of the molecule is Cc1ccc(NC(=O)[C@H](C)Sc2nnc3c(n2)[nH]c2ccccc23)cc1[N+](=O)[O-]. The number of aryl methyl sites for hydroxylation is 1. The lowest BCUT2D eigenvalue weighted by Crippen LogP contribution is -2.22. The minimum Gasteiger partial charge on any atom is -0.338 e. The van der Waals surface area contributed by atoms with Gasteiger partial charge in [-0.1, -0.05) is 36.0 Å². The predicted octanol–water partition coefficient (Wildman–Crippen LogP) is 3.84. The third-order valence-electron chi connectivity index (χ3n) is 4.43. The third-order valence-corrected chi connectivity index (χ3v) is 5.38. The van der Waals surface area contributed by atoms with Crippen molar-refractivity contribution in [1.82, 2.24) is 20.2 Å². The van der Waals surface area contributed by atoms with Crippen molar-refractivity contribution in [3.8, 4) is 0 Å². The molecule has 29 heavy (non-hydrogen) atoms. The highest BCUT2D eigenvalue weighted by atomic mass is 32.2. The highest BCUT2D eigenvalue weighted by Gasteiger charge is 2.19. The number of nitrogens with one attached hydrogen (secondary N) is 2. The van der Waals surface area contributed by atoms with Crippen LogP contribution in [0.3, 0.4) is 0 Å². The molecule has 1 atom stereocenters. The van der Waals surface area contributed by atoms with Crippen LogP contribution in [0.15, 0.2) is 47.6 Å². The molecule has 0 unspecified atom stereocenters. The number of hydrogen-bond acceptors (Lipinski definition) is 7. The highest BCUT2D eigenvalue weighted by Crippen LogP contribution is 2.26. The van der Waals surface area contributed by atoms with Gasteiger partial charge in [0.1, 0.15) is 5.52 Å². The Hall–Kier alpha value is -3.53. The average Bonchev–Trinajstić information content (AvgIpc) is 3.06. The van der Waals surface area contributed by atoms with E-state index < -0.39 is 10.2 Å². The van der Waals surface area contributed by atoms with Gasteiger partial charge >= 0.3 is 0 Å². The molecular weight excluding hydrogens is 392 g/mol. The van der Waals surface area contributed by atoms with E-state index in [1.807, 2.05) is 24.3 Å². The molecule has 0 saturated carbocycles. The zero-order valence-corrected chi connectivity index (χ0v) is 16.4. The fraction of sp³-hybridized carbons (Fsp3) is 0.158. The van der Waals surface area contributed by atoms with Gasteiger partial charge in [-0.25, -0.2) is 4.98 Å². The molecule has 10 heteroatoms. The Labute approximate surface area is 169 Å². The highest BCUT2D eigenvalue weighted by molar-refractivity contribution is 8.00. The van der Waals surface area contributed by atoms with Crippen molar-refractivity contribution in [1.29, 1.82) is 0 Å². The molecule has 0 spiro atoms. The quantitative estimate of drug-likeness (QED) is 0.292. The largest absolute Gasteiger partial charge is 0.338 e. The van der Waals surface area contributed by atoms with E-state index in [4.69, 9.17) is 0 Å². The minimum absolute atomic E-state index is 0.0418. The van der Waals surface area contributed by atoms with Crippen molar-refractivity contribution < 1.29 is 9.72 Å². The predicted molar refractivity (Wildman–Crippen MR) is 111 cm³/mol. The zero-order valence-electron chi connectivity index (χ0n) is 15.5. The molecule has 0 radical (unpaired) electrons. The summed E-state index contributed by atoms with van der Waals surface area (Å²) < 4.78 is 0. The number of nitrogens with zero attached hydrogens (tertiary/aromatic N) is 4. The monoisotopic (exact) mass is 408 g/mol. The van der Waals surface area contributed by atoms with E-state index in [-0.39, 0.29) is 11.6 Å². The summed E-state index contributed by atoms with van der Waals surface area (Å²) in [6.45, 7) is 3.36. The molecule has 0 saturated heterocycles. The van der Waals surface area contributed by atoms with Crippen molar-refractivity contribution in [2.24, 2.45) is 0 Å². The van der Waals surface area contributed by atoms with Crippen LogP contribution in [0.2, 0.25) is 0 Å². The molecule has 9 nitrogen and oxygen atoms in total. The van der Waals surface area contributed by atoms with Gasteiger partial charge in [-0.3, -0.25) is 14.9 Å². The Bertz CT molecular complexity index is 1260. The molecule has 146 valence electrons. The summed E-state index contributed by atoms with van der Waals surface area (Å²) in [5.74, 6) is -0.312. The molecule has 2 N–H and O–H groups in total. The van der Waals surface area contributed by atoms with Crippen molar-refractivity contribution in [3.63, 3.8) is 0 Å². The smallest absolute Gasteiger partial charge is 0.274 e. The molecule has 2 aromatic carbocycles. The molecule has 0 aliphatic rings. The standard InChI is InChI=1S/C19H16N6O3S/c1-10-7-8-12(9-15(10)25(27)28)20-18(26)11(2)29-19-22-17-16(23-24-19)13-5-3-4-6-14(13)21-17/h3-9,11H,1-2H3,(H,20,26)(H,21,22,24)/t11-/m0/s1. The zero-order chi connectivity index (χ0) is 20.5. The summed E-state index contributed by atoms with van der Waals surface area (Å²) in [4.78, 5) is 30.7. The molecule has 0 bridgehead atoms. The Kier molecular flexibility index (Phi) is 4.85. The summed E-state index contributed by atoms with van der Waals surface area (Å²) in [5, 5.41) is 22.9. The van der Waals surface area contributed by atoms with Gasteiger partial charge < -0.3 is 10.3 Å². The van der Waals surface area contributed by atoms with Gasteiger partial charge in [0.15, 0.2) is 5.65 Å². The Morgan fingerprint density at radius 3 is 2.83 bits per heavy atom. The van der Waals surface area contributed by atoms with E-state index in [1.165, 1.54) is 6.07 Å². The molecule has 0 fully saturated rings. The average molecular weight is 408 g/mol. The molecule has 4 aromatic rings. The number of aromatic amines is 1. The lowest BCUT2D eigenvalue weighted by Gasteiger charge is -2.11. The van der Waals surface area contributed by atoms with Gasteiger partial charge in [-0.2, -0.15) is 0 Å². The van der Waals surface area contributed by atoms with Gasteiger partial charge in [0.2, 0.25) is 11.1 Å². The first-order chi connectivity index (χ1) is 13.9. The maximum atomic E-state index is 12.5. The first-order valence-corrected chi connectivity index (χ1v) is 9.64. The summed E-state index contributed by atoms with van der Waals surface area (Å²) in [5.41, 5.74) is 3.05. The Balaban J connectivity index is 1.50. The summed E-state index contributed by atoms with van der Waals surface area (Å²) in [6.07, 6.45) is 0. The van der Waals surface area contributed by atoms with Gasteiger partial charge in [0.05, 0.1) is 10.2 Å². The van der Waals surface area contributed by atoms with Crippen molar-refractivity contribution in [3.05, 3.63) is 58.1 Å². The number of thioether (sulfide) groups is 1. The molecule has 2 heterocycles. The van der Waals surface area contributed by atoms with E-state index in [1.54, 1.807) is 26.0 Å². The van der Waals surface area contributed by atoms with E-state index in [0.29, 0.717) is 27.6 Å². The second-order valence-corrected chi connectivity index (χ2v) is 7.78. The number of carbonyl (C=O) groups excluding carboxylic acids is 1. The third kappa shape index (κ3) is 3.74. The van der Waals surface area contributed by atoms with Crippen LogP contribution in [0.4, 0.5) is 11.4 Å². The lowest BCUT2D eigenvalue weighted by atomic mass is 10.2. The van der Waals surface area contributed by atoms with Crippen LogP contribution in [-0.4, -0.2) is 36.2 Å². The number of para-hydroxylation sites is 1. The number of rotatable bonds is 5. The number of carbonyl (C=O) groups is 1. The van der Waals surface area contributed by atoms with Crippen molar-refractivity contribution in [2.75, 3.05) is 5.32 Å². The molecule has 4 rings (SSSR count). The van der Waals surface area contributed by atoms with Crippen LogP contribution in [0.25, 0.3) is 22.1 Å². The van der Waals surface area contributed by atoms with E-state index in [9.17, 15) is 14.9 Å². The van der Waals surface area contributed by atoms with Crippen molar-refractivity contribution >= 4 is 51.1 Å². The number of hydrogen-bond donors (Lipinski definition) is 2. The first kappa shape index (κ1) is 18.8. The molecule has 0 aliphatic carbocycles. The second-order valence-electron chi connectivity index (χ2n) is 6.47. The van der Waals surface area contributed by atoms with E-state index in [0.717, 1.165) is 22.7 Å². The number of H-pyrrole nitrogens is 1. The van der Waals surface area contributed by atoms with Crippen LogP contribution >= 0.6 is 11.8 Å². The molecule has 0 aliphatic heterocycles. The number of nitro benzene ring substituents is 1. The molecular formula is C19H16N6O3S. The van der Waals surface area contributed by atoms with E-state index in [2.05, 4.69) is 25.5 Å². The maximum Gasteiger partial charge on any atom is 0.274 e. The van der Waals surface area contributed by atoms with Gasteiger partial charge in [0, 0.05) is 28.2 Å². The van der Waals surface area contributed by atoms with Gasteiger partial charge in [-0.15, -0.1) is 10.2 Å². The summed E-state index contributed by atoms with van der Waals surface area (Å²) in [6, 6.07) is 12.3. The fourth-order valence-electron chi connectivity index (χ4n) is 2.90. The van der Waals surface area contributed by atoms with Crippen LogP contribution < -0.4 is 5.32 Å². The Morgan fingerprint density at radius 2 is 2.03 bits per heavy atom. The number of benzene rings is 2. The number of aromatic nitrogens is 4. The van der Waals surface area contributed by atoms with Crippen LogP contribution in [-0.2, 0) is 4.79 Å². The number of nitro groups is 1. The topological polar surface area (TPSA) is 127 Å². The number of fused-ring (bicyclic) bond motifs is 3. The first-order valence-electron chi connectivity index (χ1n) is 8.76. The number of amides is 1. The normalized spacial score (nSPS) is 12.2. The summed E-state index contributed by atoms with van der Waals surface area (Å²) >= 11 is 1.16. The molecule has 2 aromatic heterocycles. The maximum absolute atomic E-state index is 12.5. The summed E-state index contributed by atoms with van der Waals surface area (Å²) in [7, 11) is 0. The van der Waals surface area contributed by atoms with E-state index >= 15 is 0 Å². The van der Waals surface area contributed by atoms with Crippen LogP contribution in [0.1, 0.15) is 12.5 Å². The van der Waals surface area contributed by atoms with Crippen LogP contribution in [0.5, 0.6) is 0 Å². The minimum atomic E-state index is -0.529. The van der Waals surface area contributed by atoms with Gasteiger partial charge in [0.25, 0.3) is 5.69 Å². The molecule has 1 amide bonds. The number of anilines is 1.